The number of benzene rings is 1. The Balaban J connectivity index is 1.35. The van der Waals surface area contributed by atoms with E-state index in [2.05, 4.69) is 27.1 Å². The van der Waals surface area contributed by atoms with Crippen molar-refractivity contribution in [3.05, 3.63) is 63.7 Å². The van der Waals surface area contributed by atoms with Crippen molar-refractivity contribution in [2.45, 2.75) is 161 Å². The number of amides is 4. The lowest BCUT2D eigenvalue weighted by atomic mass is 9.80. The predicted octanol–water partition coefficient (Wildman–Crippen LogP) is 7.44. The summed E-state index contributed by atoms with van der Waals surface area (Å²) in [6.45, 7) is 18.2. The van der Waals surface area contributed by atoms with Gasteiger partial charge in [0.15, 0.2) is 17.7 Å². The second-order valence-corrected chi connectivity index (χ2v) is 22.4. The summed E-state index contributed by atoms with van der Waals surface area (Å²) in [5.41, 5.74) is 1.84. The number of ether oxygens (including phenoxy) is 1. The van der Waals surface area contributed by atoms with Gasteiger partial charge in [0.25, 0.3) is 5.91 Å². The van der Waals surface area contributed by atoms with E-state index in [1.165, 1.54) is 6.92 Å². The Labute approximate surface area is 435 Å². The summed E-state index contributed by atoms with van der Waals surface area (Å²) in [6.07, 6.45) is 7.25. The zero-order valence-corrected chi connectivity index (χ0v) is 45.9. The van der Waals surface area contributed by atoms with E-state index in [4.69, 9.17) is 4.74 Å². The Kier molecular flexibility index (Phi) is 23.1. The van der Waals surface area contributed by atoms with E-state index in [1.54, 1.807) is 53.0 Å². The topological polar surface area (TPSA) is 213 Å². The number of thioether (sulfide) groups is 1. The summed E-state index contributed by atoms with van der Waals surface area (Å²) in [5.74, 6) is -3.90. The number of Topliss-reactive ketones (excluding diaryl/α,β-unsaturated/α-hetero) is 2. The lowest BCUT2D eigenvalue weighted by Crippen LogP contribution is -2.50. The van der Waals surface area contributed by atoms with E-state index >= 15 is 0 Å². The normalized spacial score (nSPS) is 19.6. The molecular weight excluding hydrogens is 957 g/mol. The average Bonchev–Trinajstić information content (AvgIpc) is 4.04. The van der Waals surface area contributed by atoms with Crippen LogP contribution in [0.3, 0.4) is 0 Å². The molecule has 2 aliphatic heterocycles. The molecule has 0 spiro atoms. The first-order chi connectivity index (χ1) is 34.0. The molecule has 18 heteroatoms. The molecule has 2 aliphatic rings. The van der Waals surface area contributed by atoms with Gasteiger partial charge in [-0.15, -0.1) is 11.3 Å². The highest BCUT2D eigenvalue weighted by atomic mass is 32.2. The molecule has 4 rings (SSSR count). The van der Waals surface area contributed by atoms with Gasteiger partial charge >= 0.3 is 11.9 Å². The second-order valence-electron chi connectivity index (χ2n) is 20.5. The van der Waals surface area contributed by atoms with Crippen molar-refractivity contribution < 1.29 is 48.2 Å². The van der Waals surface area contributed by atoms with Gasteiger partial charge in [-0.2, -0.15) is 11.8 Å². The lowest BCUT2D eigenvalue weighted by Gasteiger charge is -2.38. The van der Waals surface area contributed by atoms with Gasteiger partial charge in [-0.3, -0.25) is 43.3 Å². The number of unbranched alkanes of at least 4 members (excludes halogenated alkanes) is 2. The molecule has 4 amide bonds. The van der Waals surface area contributed by atoms with Gasteiger partial charge in [-0.05, 0) is 88.3 Å². The first-order valence-corrected chi connectivity index (χ1v) is 27.7. The van der Waals surface area contributed by atoms with E-state index in [0.717, 1.165) is 66.8 Å². The molecule has 1 unspecified atom stereocenters. The van der Waals surface area contributed by atoms with Crippen molar-refractivity contribution in [2.75, 3.05) is 40.0 Å². The van der Waals surface area contributed by atoms with Gasteiger partial charge in [-0.25, -0.2) is 4.98 Å². The minimum atomic E-state index is -1.01. The van der Waals surface area contributed by atoms with Gasteiger partial charge in [0.2, 0.25) is 17.7 Å². The number of aliphatic carboxylic acids is 1. The monoisotopic (exact) mass is 1040 g/mol. The number of rotatable bonds is 30. The number of hydrogen-bond donors (Lipinski definition) is 3. The number of likely N-dealkylation sites (tertiary alicyclic amines) is 2. The minimum absolute atomic E-state index is 0.0515. The fourth-order valence-corrected chi connectivity index (χ4v) is 11.3. The molecule has 1 aromatic carbocycles. The Morgan fingerprint density at radius 1 is 1.04 bits per heavy atom. The van der Waals surface area contributed by atoms with E-state index in [1.807, 2.05) is 60.1 Å². The summed E-state index contributed by atoms with van der Waals surface area (Å²) in [6, 6.07) is 6.23. The Morgan fingerprint density at radius 3 is 2.31 bits per heavy atom. The van der Waals surface area contributed by atoms with Crippen LogP contribution < -0.4 is 10.6 Å². The van der Waals surface area contributed by atoms with E-state index in [9.17, 15) is 43.5 Å². The largest absolute Gasteiger partial charge is 0.481 e. The zero-order valence-electron chi connectivity index (χ0n) is 44.3. The molecule has 0 radical (unpaired) electrons. The quantitative estimate of drug-likeness (QED) is 0.0513. The standard InChI is InChI=1S/C54H80N6O10S2/c1-12-34(4)42(28-47(63)54(8)22-16-23-58(54)9)52(67)59(10)44(33(2)3)29-45(70-37(7)61)51-57-43(32-72-51)50(66)56-40(25-35(5)53(68)69)26-38-18-20-39(21-19-38)27-41(62)31-55-48(64)17-14-13-15-24-60-36(6)46(71-11)30-49(60)65/h18-21,32-35,40,42,44-46H,6,12-17,22-31H2,1-5,7-11H3,(H,55,64)(H,56,66)(H,68,69)/t34-,35-,40+,42-,44+,45+,46?,54+/m0/s1. The molecule has 8 atom stereocenters. The number of thiazole rings is 1. The highest BCUT2D eigenvalue weighted by Gasteiger charge is 2.44. The van der Waals surface area contributed by atoms with Crippen LogP contribution in [0, 0.1) is 23.7 Å². The number of carbonyl (C=O) groups is 8. The molecule has 3 N–H and O–H groups in total. The predicted molar refractivity (Wildman–Crippen MR) is 281 cm³/mol. The highest BCUT2D eigenvalue weighted by Crippen LogP contribution is 2.36. The minimum Gasteiger partial charge on any atom is -0.481 e. The van der Waals surface area contributed by atoms with Crippen molar-refractivity contribution in [1.82, 2.24) is 30.3 Å². The number of aromatic nitrogens is 1. The SMILES string of the molecule is C=C1C(SC)CC(=O)N1CCCCCC(=O)NCC(=O)Cc1ccc(C[C@@H](C[C@H](C)C(=O)O)NC(=O)c2csc([C@@H](C[C@H](C(C)C)N(C)C(=O)[C@@H](CC(=O)[C@@]3(C)CCCN3C)[C@@H](C)CC)OC(C)=O)n2)cc1. The van der Waals surface area contributed by atoms with Crippen LogP contribution in [0.1, 0.15) is 152 Å². The molecule has 3 heterocycles. The maximum absolute atomic E-state index is 14.4. The fraction of sp³-hybridized carbons (Fsp3) is 0.648. The maximum atomic E-state index is 14.4. The number of esters is 1. The molecule has 398 valence electrons. The Bertz CT molecular complexity index is 2230. The molecule has 1 aromatic heterocycles. The van der Waals surface area contributed by atoms with Crippen LogP contribution in [0.5, 0.6) is 0 Å². The third-order valence-corrected chi connectivity index (χ3v) is 16.7. The third kappa shape index (κ3) is 16.8. The first kappa shape index (κ1) is 59.6. The van der Waals surface area contributed by atoms with Crippen LogP contribution in [0.25, 0.3) is 0 Å². The summed E-state index contributed by atoms with van der Waals surface area (Å²) in [5, 5.41) is 17.5. The van der Waals surface area contributed by atoms with Crippen molar-refractivity contribution in [3.63, 3.8) is 0 Å². The van der Waals surface area contributed by atoms with Gasteiger partial charge in [-0.1, -0.05) is 78.3 Å². The number of carbonyl (C=O) groups excluding carboxylic acids is 7. The summed E-state index contributed by atoms with van der Waals surface area (Å²) in [4.78, 5) is 114. The first-order valence-electron chi connectivity index (χ1n) is 25.5. The zero-order chi connectivity index (χ0) is 53.4. The number of ketones is 2. The molecule has 0 saturated carbocycles. The molecule has 0 bridgehead atoms. The molecule has 16 nitrogen and oxygen atoms in total. The molecule has 2 fully saturated rings. The number of likely N-dealkylation sites (N-methyl/N-ethyl adjacent to an activating group) is 1. The number of nitrogens with zero attached hydrogens (tertiary/aromatic N) is 4. The van der Waals surface area contributed by atoms with Crippen molar-refractivity contribution in [3.8, 4) is 0 Å². The lowest BCUT2D eigenvalue weighted by molar-refractivity contribution is -0.150. The van der Waals surface area contributed by atoms with Crippen LogP contribution >= 0.6 is 23.1 Å². The van der Waals surface area contributed by atoms with Gasteiger partial charge in [0.05, 0.1) is 23.3 Å². The van der Waals surface area contributed by atoms with Gasteiger partial charge < -0.3 is 30.3 Å². The summed E-state index contributed by atoms with van der Waals surface area (Å²) >= 11 is 2.77. The number of carboxylic acid groups (broad SMARTS) is 1. The number of nitrogens with one attached hydrogen (secondary N) is 2. The third-order valence-electron chi connectivity index (χ3n) is 14.8. The second kappa shape index (κ2) is 27.9. The molecule has 2 aromatic rings. The molecule has 2 saturated heterocycles. The van der Waals surface area contributed by atoms with Crippen LogP contribution in [0.15, 0.2) is 41.9 Å². The summed E-state index contributed by atoms with van der Waals surface area (Å²) < 4.78 is 5.83. The van der Waals surface area contributed by atoms with Crippen molar-refractivity contribution >= 4 is 70.2 Å². The van der Waals surface area contributed by atoms with Crippen LogP contribution in [0.4, 0.5) is 0 Å². The van der Waals surface area contributed by atoms with Crippen molar-refractivity contribution in [2.24, 2.45) is 23.7 Å². The molecule has 72 heavy (non-hydrogen) atoms. The molecule has 0 aliphatic carbocycles. The van der Waals surface area contributed by atoms with Crippen LogP contribution in [-0.4, -0.2) is 135 Å². The van der Waals surface area contributed by atoms with Gasteiger partial charge in [0, 0.05) is 81.7 Å². The number of carboxylic acids is 1. The maximum Gasteiger partial charge on any atom is 0.306 e. The Morgan fingerprint density at radius 2 is 1.72 bits per heavy atom. The average molecular weight is 1040 g/mol. The number of hydrogen-bond acceptors (Lipinski definition) is 13. The van der Waals surface area contributed by atoms with Gasteiger partial charge in [0.1, 0.15) is 10.7 Å². The van der Waals surface area contributed by atoms with E-state index in [-0.39, 0.29) is 97.1 Å². The smallest absolute Gasteiger partial charge is 0.306 e. The highest BCUT2D eigenvalue weighted by molar-refractivity contribution is 7.99. The van der Waals surface area contributed by atoms with Crippen LogP contribution in [0.2, 0.25) is 0 Å². The van der Waals surface area contributed by atoms with Crippen molar-refractivity contribution in [1.29, 1.82) is 0 Å². The fourth-order valence-electron chi connectivity index (χ4n) is 9.72. The van der Waals surface area contributed by atoms with E-state index < -0.39 is 53.4 Å². The van der Waals surface area contributed by atoms with Crippen LogP contribution in [-0.2, 0) is 51.1 Å². The van der Waals surface area contributed by atoms with E-state index in [0.29, 0.717) is 24.4 Å². The Hall–Kier alpha value is -4.94. The summed E-state index contributed by atoms with van der Waals surface area (Å²) in [7, 11) is 3.70. The molecular formula is C54H80N6O10S2.